The minimum Gasteiger partial charge on any atom is -0.493 e. The molecule has 0 bridgehead atoms. The highest BCUT2D eigenvalue weighted by atomic mass is 16.5. The summed E-state index contributed by atoms with van der Waals surface area (Å²) in [6.45, 7) is 8.87. The number of hydrogen-bond acceptors (Lipinski definition) is 5. The van der Waals surface area contributed by atoms with E-state index in [0.717, 1.165) is 12.8 Å². The van der Waals surface area contributed by atoms with Gasteiger partial charge in [-0.15, -0.1) is 0 Å². The largest absolute Gasteiger partial charge is 0.493 e. The van der Waals surface area contributed by atoms with Crippen LogP contribution >= 0.6 is 0 Å². The Morgan fingerprint density at radius 3 is 2.46 bits per heavy atom. The number of rotatable bonds is 9. The number of carbonyl (C=O) groups is 2. The van der Waals surface area contributed by atoms with Gasteiger partial charge < -0.3 is 20.1 Å². The molecule has 0 spiro atoms. The molecule has 0 fully saturated rings. The zero-order valence-electron chi connectivity index (χ0n) is 15.2. The number of ether oxygens (including phenoxy) is 2. The SMILES string of the molecule is CCCCOc1cc(NC(C)=O)c(NCC(C)C)cc1C(=O)OC. The van der Waals surface area contributed by atoms with Crippen molar-refractivity contribution in [2.75, 3.05) is 30.9 Å². The molecule has 1 aromatic carbocycles. The smallest absolute Gasteiger partial charge is 0.341 e. The molecule has 0 aromatic heterocycles. The van der Waals surface area contributed by atoms with Gasteiger partial charge in [-0.1, -0.05) is 27.2 Å². The van der Waals surface area contributed by atoms with Crippen molar-refractivity contribution < 1.29 is 19.1 Å². The van der Waals surface area contributed by atoms with Gasteiger partial charge in [0.15, 0.2) is 0 Å². The summed E-state index contributed by atoms with van der Waals surface area (Å²) in [6, 6.07) is 3.34. The minimum absolute atomic E-state index is 0.187. The van der Waals surface area contributed by atoms with Crippen LogP contribution in [0.25, 0.3) is 0 Å². The standard InChI is InChI=1S/C18H28N2O4/c1-6-7-8-24-17-10-16(20-13(4)21)15(19-11-12(2)3)9-14(17)18(22)23-5/h9-10,12,19H,6-8,11H2,1-5H3,(H,20,21). The van der Waals surface area contributed by atoms with Crippen LogP contribution in [0.3, 0.4) is 0 Å². The Bertz CT molecular complexity index is 570. The minimum atomic E-state index is -0.469. The van der Waals surface area contributed by atoms with Gasteiger partial charge in [0.25, 0.3) is 0 Å². The van der Waals surface area contributed by atoms with E-state index in [1.165, 1.54) is 14.0 Å². The van der Waals surface area contributed by atoms with E-state index >= 15 is 0 Å². The Balaban J connectivity index is 3.23. The van der Waals surface area contributed by atoms with Crippen LogP contribution in [0.15, 0.2) is 12.1 Å². The number of methoxy groups -OCH3 is 1. The van der Waals surface area contributed by atoms with E-state index in [-0.39, 0.29) is 5.91 Å². The summed E-state index contributed by atoms with van der Waals surface area (Å²) in [4.78, 5) is 23.6. The molecule has 0 atom stereocenters. The van der Waals surface area contributed by atoms with Gasteiger partial charge in [-0.05, 0) is 18.4 Å². The third-order valence-corrected chi connectivity index (χ3v) is 3.29. The molecule has 6 nitrogen and oxygen atoms in total. The Kier molecular flexibility index (Phi) is 8.09. The molecule has 1 amide bonds. The van der Waals surface area contributed by atoms with E-state index < -0.39 is 5.97 Å². The summed E-state index contributed by atoms with van der Waals surface area (Å²) in [7, 11) is 1.33. The van der Waals surface area contributed by atoms with E-state index in [0.29, 0.717) is 41.8 Å². The Morgan fingerprint density at radius 1 is 1.21 bits per heavy atom. The highest BCUT2D eigenvalue weighted by Crippen LogP contribution is 2.32. The molecule has 0 heterocycles. The molecule has 24 heavy (non-hydrogen) atoms. The molecule has 0 unspecified atom stereocenters. The number of anilines is 2. The van der Waals surface area contributed by atoms with Crippen LogP contribution in [0.1, 0.15) is 50.9 Å². The number of amides is 1. The maximum Gasteiger partial charge on any atom is 0.341 e. The molecule has 1 aromatic rings. The molecule has 0 radical (unpaired) electrons. The van der Waals surface area contributed by atoms with Gasteiger partial charge in [0.05, 0.1) is 25.1 Å². The topological polar surface area (TPSA) is 76.7 Å². The zero-order chi connectivity index (χ0) is 18.1. The number of benzene rings is 1. The lowest BCUT2D eigenvalue weighted by molar-refractivity contribution is -0.114. The number of unbranched alkanes of at least 4 members (excludes halogenated alkanes) is 1. The fourth-order valence-corrected chi connectivity index (χ4v) is 2.05. The Hall–Kier alpha value is -2.24. The van der Waals surface area contributed by atoms with Crippen molar-refractivity contribution in [1.82, 2.24) is 0 Å². The molecule has 2 N–H and O–H groups in total. The van der Waals surface area contributed by atoms with Crippen LogP contribution in [0.2, 0.25) is 0 Å². The summed E-state index contributed by atoms with van der Waals surface area (Å²) in [5.74, 6) is 0.169. The highest BCUT2D eigenvalue weighted by Gasteiger charge is 2.18. The van der Waals surface area contributed by atoms with Crippen molar-refractivity contribution >= 4 is 23.3 Å². The molecule has 6 heteroatoms. The third-order valence-electron chi connectivity index (χ3n) is 3.29. The maximum atomic E-state index is 12.1. The average molecular weight is 336 g/mol. The lowest BCUT2D eigenvalue weighted by atomic mass is 10.1. The van der Waals surface area contributed by atoms with Crippen LogP contribution in [0.5, 0.6) is 5.75 Å². The third kappa shape index (κ3) is 6.10. The van der Waals surface area contributed by atoms with Gasteiger partial charge in [0, 0.05) is 19.5 Å². The van der Waals surface area contributed by atoms with Crippen LogP contribution in [0.4, 0.5) is 11.4 Å². The first-order valence-electron chi connectivity index (χ1n) is 8.29. The first-order chi connectivity index (χ1) is 11.4. The van der Waals surface area contributed by atoms with Gasteiger partial charge in [-0.3, -0.25) is 4.79 Å². The van der Waals surface area contributed by atoms with Crippen molar-refractivity contribution in [3.05, 3.63) is 17.7 Å². The monoisotopic (exact) mass is 336 g/mol. The van der Waals surface area contributed by atoms with Crippen molar-refractivity contribution in [2.24, 2.45) is 5.92 Å². The summed E-state index contributed by atoms with van der Waals surface area (Å²) in [5.41, 5.74) is 1.60. The molecular formula is C18H28N2O4. The second kappa shape index (κ2) is 9.80. The van der Waals surface area contributed by atoms with Crippen molar-refractivity contribution in [3.8, 4) is 5.75 Å². The molecule has 0 saturated heterocycles. The summed E-state index contributed by atoms with van der Waals surface area (Å²) >= 11 is 0. The fourth-order valence-electron chi connectivity index (χ4n) is 2.05. The van der Waals surface area contributed by atoms with Gasteiger partial charge in [-0.25, -0.2) is 4.79 Å². The van der Waals surface area contributed by atoms with Crippen LogP contribution in [-0.2, 0) is 9.53 Å². The first-order valence-corrected chi connectivity index (χ1v) is 8.29. The highest BCUT2D eigenvalue weighted by molar-refractivity contribution is 5.99. The lowest BCUT2D eigenvalue weighted by Gasteiger charge is -2.18. The van der Waals surface area contributed by atoms with E-state index in [2.05, 4.69) is 31.4 Å². The van der Waals surface area contributed by atoms with Crippen molar-refractivity contribution in [1.29, 1.82) is 0 Å². The second-order valence-corrected chi connectivity index (χ2v) is 6.04. The quantitative estimate of drug-likeness (QED) is 0.531. The van der Waals surface area contributed by atoms with Crippen LogP contribution in [-0.4, -0.2) is 32.1 Å². The molecule has 134 valence electrons. The Labute approximate surface area is 143 Å². The second-order valence-electron chi connectivity index (χ2n) is 6.04. The fraction of sp³-hybridized carbons (Fsp3) is 0.556. The molecule has 0 aliphatic rings. The van der Waals surface area contributed by atoms with Gasteiger partial charge in [-0.2, -0.15) is 0 Å². The summed E-state index contributed by atoms with van der Waals surface area (Å²) in [6.07, 6.45) is 1.86. The predicted molar refractivity (Wildman–Crippen MR) is 95.8 cm³/mol. The van der Waals surface area contributed by atoms with Gasteiger partial charge in [0.2, 0.25) is 5.91 Å². The normalized spacial score (nSPS) is 10.4. The van der Waals surface area contributed by atoms with E-state index in [4.69, 9.17) is 9.47 Å². The van der Waals surface area contributed by atoms with Gasteiger partial charge >= 0.3 is 5.97 Å². The van der Waals surface area contributed by atoms with E-state index in [1.807, 2.05) is 0 Å². The van der Waals surface area contributed by atoms with Crippen LogP contribution < -0.4 is 15.4 Å². The van der Waals surface area contributed by atoms with E-state index in [9.17, 15) is 9.59 Å². The molecule has 0 aliphatic carbocycles. The Morgan fingerprint density at radius 2 is 1.92 bits per heavy atom. The summed E-state index contributed by atoms with van der Waals surface area (Å²) in [5, 5.41) is 6.03. The lowest BCUT2D eigenvalue weighted by Crippen LogP contribution is -2.15. The number of hydrogen-bond donors (Lipinski definition) is 2. The number of carbonyl (C=O) groups excluding carboxylic acids is 2. The summed E-state index contributed by atoms with van der Waals surface area (Å²) < 4.78 is 10.6. The number of nitrogens with one attached hydrogen (secondary N) is 2. The molecule has 1 rings (SSSR count). The average Bonchev–Trinajstić information content (AvgIpc) is 2.52. The zero-order valence-corrected chi connectivity index (χ0v) is 15.2. The van der Waals surface area contributed by atoms with E-state index in [1.54, 1.807) is 12.1 Å². The first kappa shape index (κ1) is 19.8. The number of esters is 1. The maximum absolute atomic E-state index is 12.1. The molecule has 0 saturated carbocycles. The van der Waals surface area contributed by atoms with Gasteiger partial charge in [0.1, 0.15) is 11.3 Å². The van der Waals surface area contributed by atoms with Crippen LogP contribution in [0, 0.1) is 5.92 Å². The predicted octanol–water partition coefficient (Wildman–Crippen LogP) is 3.68. The molecule has 0 aliphatic heterocycles. The van der Waals surface area contributed by atoms with Crippen molar-refractivity contribution in [3.63, 3.8) is 0 Å². The van der Waals surface area contributed by atoms with Crippen molar-refractivity contribution in [2.45, 2.75) is 40.5 Å². The molecular weight excluding hydrogens is 308 g/mol.